The first kappa shape index (κ1) is 16.1. The molecule has 5 heteroatoms. The second-order valence-electron chi connectivity index (χ2n) is 4.61. The van der Waals surface area contributed by atoms with Gasteiger partial charge in [-0.3, -0.25) is 4.79 Å². The van der Waals surface area contributed by atoms with Crippen molar-refractivity contribution in [3.63, 3.8) is 0 Å². The molecular weight excluding hydrogens is 319 g/mol. The SMILES string of the molecule is Cc1ccccc1NC(=O)/C(C#N)=C\c1ccc(Cl)c(Cl)c1. The highest BCUT2D eigenvalue weighted by molar-refractivity contribution is 6.42. The zero-order valence-electron chi connectivity index (χ0n) is 11.7. The quantitative estimate of drug-likeness (QED) is 0.646. The number of rotatable bonds is 3. The summed E-state index contributed by atoms with van der Waals surface area (Å²) >= 11 is 11.8. The Balaban J connectivity index is 2.26. The molecule has 0 aromatic heterocycles. The van der Waals surface area contributed by atoms with Gasteiger partial charge in [-0.1, -0.05) is 47.5 Å². The highest BCUT2D eigenvalue weighted by atomic mass is 35.5. The Kier molecular flexibility index (Phi) is 5.21. The Labute approximate surface area is 138 Å². The van der Waals surface area contributed by atoms with Crippen molar-refractivity contribution in [2.75, 3.05) is 5.32 Å². The Morgan fingerprint density at radius 3 is 2.55 bits per heavy atom. The van der Waals surface area contributed by atoms with Gasteiger partial charge in [0.2, 0.25) is 0 Å². The molecule has 1 amide bonds. The van der Waals surface area contributed by atoms with Crippen molar-refractivity contribution in [3.05, 3.63) is 69.2 Å². The Hall–Kier alpha value is -2.28. The fraction of sp³-hybridized carbons (Fsp3) is 0.0588. The number of halogens is 2. The van der Waals surface area contributed by atoms with Gasteiger partial charge in [0, 0.05) is 5.69 Å². The number of nitriles is 1. The fourth-order valence-corrected chi connectivity index (χ4v) is 2.13. The van der Waals surface area contributed by atoms with E-state index in [0.717, 1.165) is 5.56 Å². The van der Waals surface area contributed by atoms with Crippen molar-refractivity contribution < 1.29 is 4.79 Å². The van der Waals surface area contributed by atoms with Gasteiger partial charge in [-0.2, -0.15) is 5.26 Å². The van der Waals surface area contributed by atoms with E-state index in [-0.39, 0.29) is 5.57 Å². The minimum Gasteiger partial charge on any atom is -0.321 e. The maximum atomic E-state index is 12.2. The highest BCUT2D eigenvalue weighted by Gasteiger charge is 2.11. The van der Waals surface area contributed by atoms with Gasteiger partial charge in [0.1, 0.15) is 11.6 Å². The standard InChI is InChI=1S/C17H12Cl2N2O/c1-11-4-2-3-5-16(11)21-17(22)13(10-20)8-12-6-7-14(18)15(19)9-12/h2-9H,1H3,(H,21,22)/b13-8-. The van der Waals surface area contributed by atoms with E-state index in [4.69, 9.17) is 23.2 Å². The average Bonchev–Trinajstić information content (AvgIpc) is 2.50. The molecule has 110 valence electrons. The molecule has 0 bridgehead atoms. The first-order chi connectivity index (χ1) is 10.5. The first-order valence-electron chi connectivity index (χ1n) is 6.45. The molecule has 22 heavy (non-hydrogen) atoms. The maximum Gasteiger partial charge on any atom is 0.266 e. The van der Waals surface area contributed by atoms with E-state index in [1.165, 1.54) is 6.08 Å². The second kappa shape index (κ2) is 7.13. The summed E-state index contributed by atoms with van der Waals surface area (Å²) in [4.78, 5) is 12.2. The summed E-state index contributed by atoms with van der Waals surface area (Å²) < 4.78 is 0. The third kappa shape index (κ3) is 3.88. The van der Waals surface area contributed by atoms with Gasteiger partial charge in [-0.15, -0.1) is 0 Å². The molecule has 0 atom stereocenters. The van der Waals surface area contributed by atoms with E-state index in [0.29, 0.717) is 21.3 Å². The summed E-state index contributed by atoms with van der Waals surface area (Å²) in [5.74, 6) is -0.470. The van der Waals surface area contributed by atoms with Gasteiger partial charge in [0.25, 0.3) is 5.91 Å². The van der Waals surface area contributed by atoms with Crippen LogP contribution in [0.3, 0.4) is 0 Å². The zero-order chi connectivity index (χ0) is 16.1. The topological polar surface area (TPSA) is 52.9 Å². The van der Waals surface area contributed by atoms with Crippen LogP contribution in [0, 0.1) is 18.3 Å². The van der Waals surface area contributed by atoms with Crippen LogP contribution in [0.4, 0.5) is 5.69 Å². The molecule has 0 spiro atoms. The van der Waals surface area contributed by atoms with E-state index in [1.807, 2.05) is 31.2 Å². The Morgan fingerprint density at radius 1 is 1.18 bits per heavy atom. The van der Waals surface area contributed by atoms with Crippen molar-refractivity contribution in [3.8, 4) is 6.07 Å². The summed E-state index contributed by atoms with van der Waals surface area (Å²) in [5, 5.41) is 12.7. The zero-order valence-corrected chi connectivity index (χ0v) is 13.2. The van der Waals surface area contributed by atoms with Crippen LogP contribution in [-0.2, 0) is 4.79 Å². The van der Waals surface area contributed by atoms with Crippen LogP contribution >= 0.6 is 23.2 Å². The Bertz CT molecular complexity index is 791. The lowest BCUT2D eigenvalue weighted by Gasteiger charge is -2.07. The van der Waals surface area contributed by atoms with Gasteiger partial charge < -0.3 is 5.32 Å². The summed E-state index contributed by atoms with van der Waals surface area (Å²) in [5.41, 5.74) is 2.21. The number of amides is 1. The van der Waals surface area contributed by atoms with Gasteiger partial charge in [0.15, 0.2) is 0 Å². The Morgan fingerprint density at radius 2 is 1.91 bits per heavy atom. The third-order valence-corrected chi connectivity index (χ3v) is 3.75. The molecule has 0 aliphatic rings. The molecule has 0 aliphatic carbocycles. The maximum absolute atomic E-state index is 12.2. The molecule has 1 N–H and O–H groups in total. The highest BCUT2D eigenvalue weighted by Crippen LogP contribution is 2.24. The fourth-order valence-electron chi connectivity index (χ4n) is 1.82. The van der Waals surface area contributed by atoms with Crippen molar-refractivity contribution in [2.45, 2.75) is 6.92 Å². The number of carbonyl (C=O) groups is 1. The number of anilines is 1. The predicted molar refractivity (Wildman–Crippen MR) is 89.9 cm³/mol. The summed E-state index contributed by atoms with van der Waals surface area (Å²) in [6.07, 6.45) is 1.47. The molecule has 0 fully saturated rings. The molecule has 2 aromatic carbocycles. The molecular formula is C17H12Cl2N2O. The number of para-hydroxylation sites is 1. The number of nitrogens with one attached hydrogen (secondary N) is 1. The van der Waals surface area contributed by atoms with E-state index in [9.17, 15) is 10.1 Å². The summed E-state index contributed by atoms with van der Waals surface area (Å²) in [6, 6.07) is 14.2. The molecule has 0 saturated heterocycles. The second-order valence-corrected chi connectivity index (χ2v) is 5.43. The third-order valence-electron chi connectivity index (χ3n) is 3.01. The number of benzene rings is 2. The minimum atomic E-state index is -0.470. The number of hydrogen-bond acceptors (Lipinski definition) is 2. The molecule has 0 heterocycles. The number of aryl methyl sites for hydroxylation is 1. The molecule has 0 saturated carbocycles. The largest absolute Gasteiger partial charge is 0.321 e. The van der Waals surface area contributed by atoms with Crippen LogP contribution < -0.4 is 5.32 Å². The van der Waals surface area contributed by atoms with Crippen LogP contribution in [0.15, 0.2) is 48.0 Å². The lowest BCUT2D eigenvalue weighted by molar-refractivity contribution is -0.112. The smallest absolute Gasteiger partial charge is 0.266 e. The minimum absolute atomic E-state index is 0.0124. The van der Waals surface area contributed by atoms with E-state index < -0.39 is 5.91 Å². The van der Waals surface area contributed by atoms with Crippen molar-refractivity contribution in [1.29, 1.82) is 5.26 Å². The van der Waals surface area contributed by atoms with Crippen LogP contribution in [0.25, 0.3) is 6.08 Å². The van der Waals surface area contributed by atoms with E-state index in [1.54, 1.807) is 24.3 Å². The monoisotopic (exact) mass is 330 g/mol. The van der Waals surface area contributed by atoms with Gasteiger partial charge >= 0.3 is 0 Å². The van der Waals surface area contributed by atoms with Crippen LogP contribution in [0.2, 0.25) is 10.0 Å². The number of hydrogen-bond donors (Lipinski definition) is 1. The molecule has 0 radical (unpaired) electrons. The number of nitrogens with zero attached hydrogens (tertiary/aromatic N) is 1. The average molecular weight is 331 g/mol. The first-order valence-corrected chi connectivity index (χ1v) is 7.20. The normalized spacial score (nSPS) is 10.9. The van der Waals surface area contributed by atoms with Crippen molar-refractivity contribution >= 4 is 40.9 Å². The van der Waals surface area contributed by atoms with Gasteiger partial charge in [-0.05, 0) is 42.3 Å². The lowest BCUT2D eigenvalue weighted by Crippen LogP contribution is -2.14. The molecule has 2 rings (SSSR count). The molecule has 2 aromatic rings. The lowest BCUT2D eigenvalue weighted by atomic mass is 10.1. The predicted octanol–water partition coefficient (Wildman–Crippen LogP) is 4.85. The van der Waals surface area contributed by atoms with Crippen molar-refractivity contribution in [1.82, 2.24) is 0 Å². The van der Waals surface area contributed by atoms with E-state index in [2.05, 4.69) is 5.32 Å². The molecule has 0 aliphatic heterocycles. The van der Waals surface area contributed by atoms with Gasteiger partial charge in [0.05, 0.1) is 10.0 Å². The summed E-state index contributed by atoms with van der Waals surface area (Å²) in [6.45, 7) is 1.88. The van der Waals surface area contributed by atoms with E-state index >= 15 is 0 Å². The summed E-state index contributed by atoms with van der Waals surface area (Å²) in [7, 11) is 0. The van der Waals surface area contributed by atoms with Crippen LogP contribution in [0.1, 0.15) is 11.1 Å². The molecule has 3 nitrogen and oxygen atoms in total. The van der Waals surface area contributed by atoms with Crippen LogP contribution in [-0.4, -0.2) is 5.91 Å². The number of carbonyl (C=O) groups excluding carboxylic acids is 1. The van der Waals surface area contributed by atoms with Gasteiger partial charge in [-0.25, -0.2) is 0 Å². The van der Waals surface area contributed by atoms with Crippen LogP contribution in [0.5, 0.6) is 0 Å². The molecule has 0 unspecified atom stereocenters. The van der Waals surface area contributed by atoms with Crippen molar-refractivity contribution in [2.24, 2.45) is 0 Å².